The smallest absolute Gasteiger partial charge is 0.255 e. The van der Waals surface area contributed by atoms with Crippen LogP contribution < -0.4 is 10.6 Å². The maximum absolute atomic E-state index is 12.1. The Labute approximate surface area is 115 Å². The number of halogens is 1. The van der Waals surface area contributed by atoms with Crippen LogP contribution in [0, 0.1) is 0 Å². The van der Waals surface area contributed by atoms with Gasteiger partial charge < -0.3 is 15.4 Å². The molecule has 5 nitrogen and oxygen atoms in total. The molecule has 1 aromatic rings. The molecule has 2 N–H and O–H groups in total. The fourth-order valence-electron chi connectivity index (χ4n) is 1.48. The molecule has 1 rings (SSSR count). The number of rotatable bonds is 6. The molecule has 18 heavy (non-hydrogen) atoms. The number of carbonyl (C=O) groups is 1. The van der Waals surface area contributed by atoms with Crippen LogP contribution in [-0.4, -0.2) is 37.7 Å². The Morgan fingerprint density at radius 2 is 2.33 bits per heavy atom. The van der Waals surface area contributed by atoms with Gasteiger partial charge in [-0.1, -0.05) is 0 Å². The molecule has 100 valence electrons. The van der Waals surface area contributed by atoms with Gasteiger partial charge in [0.15, 0.2) is 0 Å². The largest absolute Gasteiger partial charge is 0.385 e. The molecule has 1 amide bonds. The molecule has 0 spiro atoms. The van der Waals surface area contributed by atoms with Crippen LogP contribution in [0.4, 0.5) is 5.82 Å². The van der Waals surface area contributed by atoms with Crippen molar-refractivity contribution in [3.05, 3.63) is 22.3 Å². The van der Waals surface area contributed by atoms with Gasteiger partial charge in [0.05, 0.1) is 5.56 Å². The minimum Gasteiger partial charge on any atom is -0.385 e. The van der Waals surface area contributed by atoms with E-state index < -0.39 is 0 Å². The van der Waals surface area contributed by atoms with Crippen molar-refractivity contribution in [3.63, 3.8) is 0 Å². The van der Waals surface area contributed by atoms with Gasteiger partial charge in [-0.15, -0.1) is 0 Å². The molecule has 1 aromatic heterocycles. The molecule has 1 atom stereocenters. The molecule has 0 aromatic carbocycles. The molecule has 0 saturated carbocycles. The van der Waals surface area contributed by atoms with Gasteiger partial charge in [0.25, 0.3) is 5.91 Å². The fourth-order valence-corrected chi connectivity index (χ4v) is 1.81. The summed E-state index contributed by atoms with van der Waals surface area (Å²) in [5, 5.41) is 5.82. The zero-order valence-electron chi connectivity index (χ0n) is 10.8. The van der Waals surface area contributed by atoms with Gasteiger partial charge in [0.1, 0.15) is 5.82 Å². The van der Waals surface area contributed by atoms with Crippen molar-refractivity contribution in [2.45, 2.75) is 19.4 Å². The van der Waals surface area contributed by atoms with Crippen LogP contribution in [0.3, 0.4) is 0 Å². The Hall–Kier alpha value is -1.14. The molecule has 0 fully saturated rings. The first kappa shape index (κ1) is 14.9. The molecule has 0 bridgehead atoms. The summed E-state index contributed by atoms with van der Waals surface area (Å²) in [6.07, 6.45) is 2.43. The van der Waals surface area contributed by atoms with Crippen LogP contribution in [0.2, 0.25) is 0 Å². The van der Waals surface area contributed by atoms with Crippen molar-refractivity contribution in [2.75, 3.05) is 26.1 Å². The van der Waals surface area contributed by atoms with Gasteiger partial charge in [-0.05, 0) is 35.3 Å². The molecule has 0 aliphatic carbocycles. The summed E-state index contributed by atoms with van der Waals surface area (Å²) >= 11 is 3.31. The Kier molecular flexibility index (Phi) is 6.07. The first-order chi connectivity index (χ1) is 8.58. The van der Waals surface area contributed by atoms with E-state index in [1.807, 2.05) is 6.92 Å². The lowest BCUT2D eigenvalue weighted by Crippen LogP contribution is -2.33. The number of pyridine rings is 1. The number of hydrogen-bond donors (Lipinski definition) is 2. The van der Waals surface area contributed by atoms with E-state index in [1.165, 1.54) is 0 Å². The van der Waals surface area contributed by atoms with Crippen LogP contribution in [-0.2, 0) is 4.74 Å². The maximum Gasteiger partial charge on any atom is 0.255 e. The normalized spacial score (nSPS) is 12.0. The van der Waals surface area contributed by atoms with Gasteiger partial charge in [-0.3, -0.25) is 4.79 Å². The maximum atomic E-state index is 12.1. The summed E-state index contributed by atoms with van der Waals surface area (Å²) < 4.78 is 5.75. The average Bonchev–Trinajstić information content (AvgIpc) is 2.36. The van der Waals surface area contributed by atoms with Crippen LogP contribution >= 0.6 is 15.9 Å². The third-order valence-electron chi connectivity index (χ3n) is 2.47. The molecule has 0 radical (unpaired) electrons. The Bertz CT molecular complexity index is 412. The third kappa shape index (κ3) is 4.27. The highest BCUT2D eigenvalue weighted by Crippen LogP contribution is 2.17. The minimum absolute atomic E-state index is 0.0566. The molecular weight excluding hydrogens is 298 g/mol. The van der Waals surface area contributed by atoms with Gasteiger partial charge in [-0.2, -0.15) is 0 Å². The number of anilines is 1. The van der Waals surface area contributed by atoms with Crippen LogP contribution in [0.1, 0.15) is 23.7 Å². The predicted molar refractivity (Wildman–Crippen MR) is 74.9 cm³/mol. The number of hydrogen-bond acceptors (Lipinski definition) is 4. The van der Waals surface area contributed by atoms with E-state index in [-0.39, 0.29) is 11.9 Å². The molecule has 1 unspecified atom stereocenters. The highest BCUT2D eigenvalue weighted by atomic mass is 79.9. The molecule has 0 saturated heterocycles. The first-order valence-electron chi connectivity index (χ1n) is 5.71. The number of carbonyl (C=O) groups excluding carboxylic acids is 1. The number of aromatic nitrogens is 1. The predicted octanol–water partition coefficient (Wildman–Crippen LogP) is 2.04. The Morgan fingerprint density at radius 1 is 1.61 bits per heavy atom. The lowest BCUT2D eigenvalue weighted by Gasteiger charge is -2.15. The molecule has 0 aliphatic rings. The van der Waals surface area contributed by atoms with Crippen molar-refractivity contribution in [2.24, 2.45) is 0 Å². The van der Waals surface area contributed by atoms with Gasteiger partial charge in [-0.25, -0.2) is 4.98 Å². The topological polar surface area (TPSA) is 63.2 Å². The van der Waals surface area contributed by atoms with Crippen molar-refractivity contribution >= 4 is 27.7 Å². The summed E-state index contributed by atoms with van der Waals surface area (Å²) in [6, 6.07) is 1.80. The molecule has 1 heterocycles. The monoisotopic (exact) mass is 315 g/mol. The van der Waals surface area contributed by atoms with E-state index in [1.54, 1.807) is 26.4 Å². The van der Waals surface area contributed by atoms with Crippen LogP contribution in [0.25, 0.3) is 0 Å². The van der Waals surface area contributed by atoms with E-state index >= 15 is 0 Å². The van der Waals surface area contributed by atoms with E-state index in [0.29, 0.717) is 18.0 Å². The van der Waals surface area contributed by atoms with E-state index in [2.05, 4.69) is 31.5 Å². The first-order valence-corrected chi connectivity index (χ1v) is 6.51. The van der Waals surface area contributed by atoms with Crippen molar-refractivity contribution < 1.29 is 9.53 Å². The fraction of sp³-hybridized carbons (Fsp3) is 0.500. The SMILES string of the molecule is CNc1ncc(Br)cc1C(=O)NC(C)CCOC. The van der Waals surface area contributed by atoms with Crippen molar-refractivity contribution in [3.8, 4) is 0 Å². The standard InChI is InChI=1S/C12H18BrN3O2/c1-8(4-5-18-3)16-12(17)10-6-9(13)7-15-11(10)14-2/h6-8H,4-5H2,1-3H3,(H,14,15)(H,16,17). The summed E-state index contributed by atoms with van der Waals surface area (Å²) in [5.41, 5.74) is 0.524. The second-order valence-electron chi connectivity index (χ2n) is 3.96. The number of methoxy groups -OCH3 is 1. The summed E-state index contributed by atoms with van der Waals surface area (Å²) in [6.45, 7) is 2.57. The highest BCUT2D eigenvalue weighted by molar-refractivity contribution is 9.10. The second-order valence-corrected chi connectivity index (χ2v) is 4.87. The van der Waals surface area contributed by atoms with E-state index in [9.17, 15) is 4.79 Å². The van der Waals surface area contributed by atoms with Crippen LogP contribution in [0.5, 0.6) is 0 Å². The lowest BCUT2D eigenvalue weighted by molar-refractivity contribution is 0.0930. The van der Waals surface area contributed by atoms with Gasteiger partial charge in [0.2, 0.25) is 0 Å². The molecule has 0 aliphatic heterocycles. The third-order valence-corrected chi connectivity index (χ3v) is 2.90. The van der Waals surface area contributed by atoms with Gasteiger partial charge in [0, 0.05) is 37.5 Å². The number of amides is 1. The van der Waals surface area contributed by atoms with E-state index in [0.717, 1.165) is 10.9 Å². The minimum atomic E-state index is -0.142. The van der Waals surface area contributed by atoms with Gasteiger partial charge >= 0.3 is 0 Å². The summed E-state index contributed by atoms with van der Waals surface area (Å²) in [5.74, 6) is 0.423. The van der Waals surface area contributed by atoms with E-state index in [4.69, 9.17) is 4.74 Å². The number of ether oxygens (including phenoxy) is 1. The summed E-state index contributed by atoms with van der Waals surface area (Å²) in [4.78, 5) is 16.2. The molecular formula is C12H18BrN3O2. The summed E-state index contributed by atoms with van der Waals surface area (Å²) in [7, 11) is 3.38. The number of nitrogens with zero attached hydrogens (tertiary/aromatic N) is 1. The van der Waals surface area contributed by atoms with Crippen LogP contribution in [0.15, 0.2) is 16.7 Å². The molecule has 6 heteroatoms. The highest BCUT2D eigenvalue weighted by Gasteiger charge is 2.14. The zero-order chi connectivity index (χ0) is 13.5. The van der Waals surface area contributed by atoms with Crippen molar-refractivity contribution in [1.29, 1.82) is 0 Å². The Morgan fingerprint density at radius 3 is 2.94 bits per heavy atom. The van der Waals surface area contributed by atoms with Crippen molar-refractivity contribution in [1.82, 2.24) is 10.3 Å². The quantitative estimate of drug-likeness (QED) is 0.843. The zero-order valence-corrected chi connectivity index (χ0v) is 12.4. The Balaban J connectivity index is 2.74. The number of nitrogens with one attached hydrogen (secondary N) is 2. The second kappa shape index (κ2) is 7.33. The lowest BCUT2D eigenvalue weighted by atomic mass is 10.2. The average molecular weight is 316 g/mol.